The number of hydrogen-bond acceptors (Lipinski definition) is 3. The molecule has 1 aromatic heterocycles. The second-order valence-corrected chi connectivity index (χ2v) is 5.97. The van der Waals surface area contributed by atoms with Gasteiger partial charge in [-0.2, -0.15) is 0 Å². The van der Waals surface area contributed by atoms with E-state index in [1.54, 1.807) is 0 Å². The van der Waals surface area contributed by atoms with Crippen LogP contribution >= 0.6 is 0 Å². The maximum atomic E-state index is 4.88. The maximum absolute atomic E-state index is 4.88. The van der Waals surface area contributed by atoms with Crippen molar-refractivity contribution >= 4 is 16.7 Å². The fraction of sp³-hybridized carbons (Fsp3) is 0.471. The van der Waals surface area contributed by atoms with Crippen LogP contribution < -0.4 is 10.2 Å². The van der Waals surface area contributed by atoms with Gasteiger partial charge in [0.1, 0.15) is 5.82 Å². The Morgan fingerprint density at radius 1 is 1.05 bits per heavy atom. The number of para-hydroxylation sites is 1. The van der Waals surface area contributed by atoms with E-state index < -0.39 is 0 Å². The van der Waals surface area contributed by atoms with Gasteiger partial charge in [-0.1, -0.05) is 18.2 Å². The second-order valence-electron chi connectivity index (χ2n) is 5.97. The molecule has 4 rings (SSSR count). The van der Waals surface area contributed by atoms with Gasteiger partial charge in [0.2, 0.25) is 0 Å². The van der Waals surface area contributed by atoms with Gasteiger partial charge in [0.15, 0.2) is 0 Å². The van der Waals surface area contributed by atoms with E-state index in [9.17, 15) is 0 Å². The maximum Gasteiger partial charge on any atom is 0.129 e. The Morgan fingerprint density at radius 2 is 2.00 bits per heavy atom. The molecule has 104 valence electrons. The highest BCUT2D eigenvalue weighted by atomic mass is 15.3. The summed E-state index contributed by atoms with van der Waals surface area (Å²) in [5.74, 6) is 1.15. The van der Waals surface area contributed by atoms with Crippen LogP contribution in [0.15, 0.2) is 36.4 Å². The van der Waals surface area contributed by atoms with Crippen molar-refractivity contribution < 1.29 is 0 Å². The molecule has 1 N–H and O–H groups in total. The van der Waals surface area contributed by atoms with Gasteiger partial charge in [0, 0.05) is 24.0 Å². The van der Waals surface area contributed by atoms with E-state index >= 15 is 0 Å². The van der Waals surface area contributed by atoms with Crippen molar-refractivity contribution in [1.82, 2.24) is 10.3 Å². The topological polar surface area (TPSA) is 28.2 Å². The first-order chi connectivity index (χ1) is 9.92. The van der Waals surface area contributed by atoms with E-state index in [0.29, 0.717) is 12.1 Å². The highest BCUT2D eigenvalue weighted by Crippen LogP contribution is 2.29. The van der Waals surface area contributed by atoms with E-state index in [1.807, 2.05) is 0 Å². The number of pyridine rings is 1. The van der Waals surface area contributed by atoms with Crippen molar-refractivity contribution in [2.75, 3.05) is 18.0 Å². The number of hydrogen-bond donors (Lipinski definition) is 1. The SMILES string of the molecule is c1ccc2nc(N3CCCC3C3CCCN3)ccc2c1. The molecular weight excluding hydrogens is 246 g/mol. The molecule has 0 radical (unpaired) electrons. The highest BCUT2D eigenvalue weighted by Gasteiger charge is 2.33. The number of nitrogens with one attached hydrogen (secondary N) is 1. The molecule has 0 spiro atoms. The van der Waals surface area contributed by atoms with Crippen molar-refractivity contribution in [1.29, 1.82) is 0 Å². The predicted octanol–water partition coefficient (Wildman–Crippen LogP) is 2.96. The summed E-state index contributed by atoms with van der Waals surface area (Å²) in [6, 6.07) is 14.1. The average molecular weight is 267 g/mol. The van der Waals surface area contributed by atoms with Crippen LogP contribution in [0.25, 0.3) is 10.9 Å². The minimum Gasteiger partial charge on any atom is -0.352 e. The van der Waals surface area contributed by atoms with Gasteiger partial charge in [-0.05, 0) is 50.4 Å². The molecule has 2 aromatic rings. The van der Waals surface area contributed by atoms with E-state index in [-0.39, 0.29) is 0 Å². The molecule has 20 heavy (non-hydrogen) atoms. The lowest BCUT2D eigenvalue weighted by Gasteiger charge is -2.30. The van der Waals surface area contributed by atoms with Crippen molar-refractivity contribution in [2.24, 2.45) is 0 Å². The molecule has 2 fully saturated rings. The zero-order valence-electron chi connectivity index (χ0n) is 11.8. The third-order valence-electron chi connectivity index (χ3n) is 4.74. The van der Waals surface area contributed by atoms with Crippen LogP contribution in [0, 0.1) is 0 Å². The summed E-state index contributed by atoms with van der Waals surface area (Å²) in [6.45, 7) is 2.33. The monoisotopic (exact) mass is 267 g/mol. The first-order valence-electron chi connectivity index (χ1n) is 7.78. The third-order valence-corrected chi connectivity index (χ3v) is 4.74. The molecule has 2 aliphatic heterocycles. The minimum atomic E-state index is 0.631. The largest absolute Gasteiger partial charge is 0.352 e. The first kappa shape index (κ1) is 12.2. The fourth-order valence-corrected chi connectivity index (χ4v) is 3.75. The van der Waals surface area contributed by atoms with Crippen molar-refractivity contribution in [3.63, 3.8) is 0 Å². The van der Waals surface area contributed by atoms with Crippen LogP contribution in [-0.4, -0.2) is 30.2 Å². The molecule has 0 bridgehead atoms. The normalized spacial score (nSPS) is 26.5. The molecule has 0 amide bonds. The summed E-state index contributed by atoms with van der Waals surface area (Å²) in [7, 11) is 0. The Morgan fingerprint density at radius 3 is 2.90 bits per heavy atom. The first-order valence-corrected chi connectivity index (χ1v) is 7.78. The van der Waals surface area contributed by atoms with Crippen LogP contribution in [0.4, 0.5) is 5.82 Å². The summed E-state index contributed by atoms with van der Waals surface area (Å²) < 4.78 is 0. The Balaban J connectivity index is 1.66. The molecule has 3 nitrogen and oxygen atoms in total. The lowest BCUT2D eigenvalue weighted by Crippen LogP contribution is -2.44. The standard InChI is InChI=1S/C17H21N3/c1-2-6-14-13(5-1)9-10-17(19-14)20-12-4-8-16(20)15-7-3-11-18-15/h1-2,5-6,9-10,15-16,18H,3-4,7-8,11-12H2. The Labute approximate surface area is 120 Å². The average Bonchev–Trinajstić information content (AvgIpc) is 3.17. The number of rotatable bonds is 2. The van der Waals surface area contributed by atoms with Crippen LogP contribution in [0.5, 0.6) is 0 Å². The fourth-order valence-electron chi connectivity index (χ4n) is 3.75. The van der Waals surface area contributed by atoms with Gasteiger partial charge in [-0.15, -0.1) is 0 Å². The molecule has 3 heterocycles. The smallest absolute Gasteiger partial charge is 0.129 e. The van der Waals surface area contributed by atoms with Crippen LogP contribution in [-0.2, 0) is 0 Å². The van der Waals surface area contributed by atoms with Crippen LogP contribution in [0.3, 0.4) is 0 Å². The number of aromatic nitrogens is 1. The van der Waals surface area contributed by atoms with Gasteiger partial charge in [0.25, 0.3) is 0 Å². The highest BCUT2D eigenvalue weighted by molar-refractivity contribution is 5.80. The van der Waals surface area contributed by atoms with Crippen molar-refractivity contribution in [3.05, 3.63) is 36.4 Å². The summed E-state index contributed by atoms with van der Waals surface area (Å²) in [5.41, 5.74) is 1.11. The quantitative estimate of drug-likeness (QED) is 0.906. The van der Waals surface area contributed by atoms with Gasteiger partial charge < -0.3 is 10.2 Å². The molecular formula is C17H21N3. The van der Waals surface area contributed by atoms with Gasteiger partial charge in [-0.25, -0.2) is 4.98 Å². The zero-order valence-corrected chi connectivity index (χ0v) is 11.8. The van der Waals surface area contributed by atoms with E-state index in [1.165, 1.54) is 37.6 Å². The molecule has 1 aromatic carbocycles. The lowest BCUT2D eigenvalue weighted by atomic mass is 10.0. The number of anilines is 1. The van der Waals surface area contributed by atoms with Crippen molar-refractivity contribution in [2.45, 2.75) is 37.8 Å². The second kappa shape index (κ2) is 5.06. The summed E-state index contributed by atoms with van der Waals surface area (Å²) >= 11 is 0. The molecule has 2 saturated heterocycles. The number of fused-ring (bicyclic) bond motifs is 1. The Bertz CT molecular complexity index is 604. The molecule has 2 unspecified atom stereocenters. The molecule has 0 saturated carbocycles. The van der Waals surface area contributed by atoms with E-state index in [0.717, 1.165) is 17.9 Å². The number of nitrogens with zero attached hydrogens (tertiary/aromatic N) is 2. The lowest BCUT2D eigenvalue weighted by molar-refractivity contribution is 0.481. The van der Waals surface area contributed by atoms with Crippen LogP contribution in [0.1, 0.15) is 25.7 Å². The molecule has 0 aliphatic carbocycles. The Kier molecular flexibility index (Phi) is 3.07. The summed E-state index contributed by atoms with van der Waals surface area (Å²) in [5, 5.41) is 4.89. The van der Waals surface area contributed by atoms with E-state index in [4.69, 9.17) is 4.98 Å². The third kappa shape index (κ3) is 2.06. The molecule has 3 heteroatoms. The zero-order chi connectivity index (χ0) is 13.4. The van der Waals surface area contributed by atoms with Gasteiger partial charge in [-0.3, -0.25) is 0 Å². The van der Waals surface area contributed by atoms with Gasteiger partial charge in [0.05, 0.1) is 5.52 Å². The van der Waals surface area contributed by atoms with Gasteiger partial charge >= 0.3 is 0 Å². The van der Waals surface area contributed by atoms with E-state index in [2.05, 4.69) is 46.6 Å². The molecule has 2 aliphatic rings. The number of benzene rings is 1. The van der Waals surface area contributed by atoms with Crippen LogP contribution in [0.2, 0.25) is 0 Å². The summed E-state index contributed by atoms with van der Waals surface area (Å²) in [6.07, 6.45) is 5.22. The van der Waals surface area contributed by atoms with Crippen molar-refractivity contribution in [3.8, 4) is 0 Å². The minimum absolute atomic E-state index is 0.631. The summed E-state index contributed by atoms with van der Waals surface area (Å²) in [4.78, 5) is 7.40. The Hall–Kier alpha value is -1.61. The molecule has 2 atom stereocenters. The predicted molar refractivity (Wildman–Crippen MR) is 83.1 cm³/mol.